The van der Waals surface area contributed by atoms with Crippen molar-refractivity contribution < 1.29 is 9.50 Å². The summed E-state index contributed by atoms with van der Waals surface area (Å²) in [4.78, 5) is 2.33. The smallest absolute Gasteiger partial charge is 0.137 e. The van der Waals surface area contributed by atoms with Gasteiger partial charge in [0.15, 0.2) is 0 Å². The van der Waals surface area contributed by atoms with E-state index >= 15 is 0 Å². The first kappa shape index (κ1) is 13.6. The molecule has 0 radical (unpaired) electrons. The third-order valence-corrected chi connectivity index (χ3v) is 6.08. The average molecular weight is 359 g/mol. The molecule has 1 aromatic heterocycles. The molecule has 1 aliphatic heterocycles. The summed E-state index contributed by atoms with van der Waals surface area (Å²) >= 11 is 6.76. The highest BCUT2D eigenvalue weighted by molar-refractivity contribution is 9.10. The molecule has 3 rings (SSSR count). The van der Waals surface area contributed by atoms with Crippen LogP contribution >= 0.6 is 39.0 Å². The Morgan fingerprint density at radius 1 is 1.32 bits per heavy atom. The van der Waals surface area contributed by atoms with Gasteiger partial charge in [-0.3, -0.25) is 0 Å². The van der Waals surface area contributed by atoms with Gasteiger partial charge in [-0.2, -0.15) is 11.8 Å². The Hall–Kier alpha value is -0.360. The lowest BCUT2D eigenvalue weighted by molar-refractivity contribution is 0.224. The Balaban J connectivity index is 1.92. The van der Waals surface area contributed by atoms with Crippen LogP contribution in [0.4, 0.5) is 4.39 Å². The van der Waals surface area contributed by atoms with Gasteiger partial charge < -0.3 is 5.11 Å². The molecule has 19 heavy (non-hydrogen) atoms. The number of aryl methyl sites for hydroxylation is 1. The molecule has 1 atom stereocenters. The van der Waals surface area contributed by atoms with E-state index in [2.05, 4.69) is 22.0 Å². The molecule has 2 heterocycles. The number of thiophene rings is 1. The number of benzene rings is 1. The number of thioether (sulfide) groups is 1. The number of aliphatic hydroxyl groups is 1. The van der Waals surface area contributed by atoms with Gasteiger partial charge in [0.05, 0.1) is 4.47 Å². The maximum Gasteiger partial charge on any atom is 0.137 e. The number of hydrogen-bond acceptors (Lipinski definition) is 3. The van der Waals surface area contributed by atoms with Gasteiger partial charge in [0.25, 0.3) is 0 Å². The Morgan fingerprint density at radius 2 is 2.16 bits per heavy atom. The van der Waals surface area contributed by atoms with Crippen molar-refractivity contribution in [2.24, 2.45) is 0 Å². The van der Waals surface area contributed by atoms with Crippen molar-refractivity contribution in [1.29, 1.82) is 0 Å². The van der Waals surface area contributed by atoms with Crippen LogP contribution < -0.4 is 0 Å². The highest BCUT2D eigenvalue weighted by Gasteiger charge is 2.19. The molecule has 0 amide bonds. The normalized spacial score (nSPS) is 16.2. The Bertz CT molecular complexity index is 588. The van der Waals surface area contributed by atoms with Crippen LogP contribution in [0.15, 0.2) is 28.7 Å². The fourth-order valence-corrected chi connectivity index (χ4v) is 4.94. The number of aliphatic hydroxyl groups excluding tert-OH is 1. The SMILES string of the molecule is OC(c1ccc(F)c(Br)c1)c1cc2c(s1)CCSC2. The van der Waals surface area contributed by atoms with Gasteiger partial charge in [-0.1, -0.05) is 6.07 Å². The van der Waals surface area contributed by atoms with Gasteiger partial charge in [0.2, 0.25) is 0 Å². The summed E-state index contributed by atoms with van der Waals surface area (Å²) in [5.74, 6) is 1.88. The zero-order chi connectivity index (χ0) is 13.4. The van der Waals surface area contributed by atoms with E-state index in [0.717, 1.165) is 28.4 Å². The van der Waals surface area contributed by atoms with Gasteiger partial charge >= 0.3 is 0 Å². The monoisotopic (exact) mass is 358 g/mol. The van der Waals surface area contributed by atoms with Crippen LogP contribution in [0, 0.1) is 5.82 Å². The molecule has 1 aliphatic rings. The average Bonchev–Trinajstić information content (AvgIpc) is 2.85. The molecule has 0 spiro atoms. The molecule has 1 N–H and O–H groups in total. The van der Waals surface area contributed by atoms with Crippen LogP contribution in [0.5, 0.6) is 0 Å². The molecule has 1 nitrogen and oxygen atoms in total. The topological polar surface area (TPSA) is 20.2 Å². The van der Waals surface area contributed by atoms with Gasteiger partial charge in [0, 0.05) is 15.5 Å². The van der Waals surface area contributed by atoms with Crippen molar-refractivity contribution in [2.75, 3.05) is 5.75 Å². The van der Waals surface area contributed by atoms with E-state index in [0.29, 0.717) is 4.47 Å². The van der Waals surface area contributed by atoms with Gasteiger partial charge in [-0.15, -0.1) is 11.3 Å². The first-order chi connectivity index (χ1) is 9.15. The van der Waals surface area contributed by atoms with E-state index in [-0.39, 0.29) is 5.82 Å². The molecular formula is C14H12BrFOS2. The Morgan fingerprint density at radius 3 is 2.89 bits per heavy atom. The largest absolute Gasteiger partial charge is 0.383 e. The van der Waals surface area contributed by atoms with E-state index in [1.807, 2.05) is 11.8 Å². The van der Waals surface area contributed by atoms with Crippen molar-refractivity contribution >= 4 is 39.0 Å². The van der Waals surface area contributed by atoms with Crippen LogP contribution in [0.25, 0.3) is 0 Å². The minimum Gasteiger partial charge on any atom is -0.383 e. The number of hydrogen-bond donors (Lipinski definition) is 1. The number of rotatable bonds is 2. The lowest BCUT2D eigenvalue weighted by Gasteiger charge is -2.09. The van der Waals surface area contributed by atoms with Crippen LogP contribution in [-0.4, -0.2) is 10.9 Å². The predicted octanol–water partition coefficient (Wildman–Crippen LogP) is 4.52. The first-order valence-corrected chi connectivity index (χ1v) is 8.74. The molecule has 0 fully saturated rings. The van der Waals surface area contributed by atoms with E-state index in [9.17, 15) is 9.50 Å². The van der Waals surface area contributed by atoms with E-state index in [1.54, 1.807) is 23.5 Å². The highest BCUT2D eigenvalue weighted by Crippen LogP contribution is 2.37. The van der Waals surface area contributed by atoms with Crippen molar-refractivity contribution in [3.8, 4) is 0 Å². The summed E-state index contributed by atoms with van der Waals surface area (Å²) in [6.45, 7) is 0. The summed E-state index contributed by atoms with van der Waals surface area (Å²) in [6.07, 6.45) is 0.419. The summed E-state index contributed by atoms with van der Waals surface area (Å²) in [6, 6.07) is 6.76. The number of fused-ring (bicyclic) bond motifs is 1. The maximum absolute atomic E-state index is 13.2. The van der Waals surface area contributed by atoms with Crippen molar-refractivity contribution in [3.05, 3.63) is 55.4 Å². The standard InChI is InChI=1S/C14H12BrFOS2/c15-10-5-8(1-2-11(10)16)14(17)13-6-9-7-18-4-3-12(9)19-13/h1-2,5-6,14,17H,3-4,7H2. The van der Waals surface area contributed by atoms with Crippen molar-refractivity contribution in [2.45, 2.75) is 18.3 Å². The molecule has 1 aromatic carbocycles. The van der Waals surface area contributed by atoms with Gasteiger partial charge in [-0.25, -0.2) is 4.39 Å². The fraction of sp³-hybridized carbons (Fsp3) is 0.286. The minimum atomic E-state index is -0.669. The number of halogens is 2. The van der Waals surface area contributed by atoms with Crippen molar-refractivity contribution in [3.63, 3.8) is 0 Å². The van der Waals surface area contributed by atoms with E-state index in [1.165, 1.54) is 16.5 Å². The molecule has 2 aromatic rings. The first-order valence-electron chi connectivity index (χ1n) is 5.97. The van der Waals surface area contributed by atoms with E-state index in [4.69, 9.17) is 0 Å². The quantitative estimate of drug-likeness (QED) is 0.851. The van der Waals surface area contributed by atoms with E-state index < -0.39 is 6.10 Å². The second kappa shape index (κ2) is 5.56. The molecular weight excluding hydrogens is 347 g/mol. The van der Waals surface area contributed by atoms with Crippen LogP contribution in [0.2, 0.25) is 0 Å². The predicted molar refractivity (Wildman–Crippen MR) is 82.3 cm³/mol. The van der Waals surface area contributed by atoms with Crippen molar-refractivity contribution in [1.82, 2.24) is 0 Å². The summed E-state index contributed by atoms with van der Waals surface area (Å²) in [7, 11) is 0. The second-order valence-corrected chi connectivity index (χ2v) is 7.60. The van der Waals surface area contributed by atoms with Crippen LogP contribution in [0.3, 0.4) is 0 Å². The van der Waals surface area contributed by atoms with Crippen LogP contribution in [-0.2, 0) is 12.2 Å². The molecule has 0 saturated heterocycles. The third-order valence-electron chi connectivity index (χ3n) is 3.18. The summed E-state index contributed by atoms with van der Waals surface area (Å²) in [5, 5.41) is 10.4. The third kappa shape index (κ3) is 2.75. The molecule has 5 heteroatoms. The zero-order valence-corrected chi connectivity index (χ0v) is 13.2. The highest BCUT2D eigenvalue weighted by atomic mass is 79.9. The molecule has 0 bridgehead atoms. The molecule has 1 unspecified atom stereocenters. The Kier molecular flexibility index (Phi) is 3.98. The summed E-state index contributed by atoms with van der Waals surface area (Å²) in [5.41, 5.74) is 2.07. The summed E-state index contributed by atoms with van der Waals surface area (Å²) < 4.78 is 13.6. The minimum absolute atomic E-state index is 0.308. The maximum atomic E-state index is 13.2. The molecule has 100 valence electrons. The molecule has 0 aliphatic carbocycles. The zero-order valence-electron chi connectivity index (χ0n) is 10.0. The lowest BCUT2D eigenvalue weighted by atomic mass is 10.1. The van der Waals surface area contributed by atoms with Gasteiger partial charge in [0.1, 0.15) is 11.9 Å². The lowest BCUT2D eigenvalue weighted by Crippen LogP contribution is -1.97. The Labute approximate surface area is 128 Å². The van der Waals surface area contributed by atoms with Crippen LogP contribution in [0.1, 0.15) is 27.0 Å². The molecule has 0 saturated carbocycles. The fourth-order valence-electron chi connectivity index (χ4n) is 2.15. The second-order valence-electron chi connectivity index (χ2n) is 4.48. The van der Waals surface area contributed by atoms with Gasteiger partial charge in [-0.05, 0) is 57.4 Å².